The maximum absolute atomic E-state index is 10.1. The fraction of sp³-hybridized carbons (Fsp3) is 0.714. The van der Waals surface area contributed by atoms with Crippen LogP contribution in [-0.2, 0) is 18.9 Å². The predicted octanol–water partition coefficient (Wildman–Crippen LogP) is 0.365. The second-order valence-electron chi connectivity index (χ2n) is 2.43. The Kier molecular flexibility index (Phi) is 5.42. The van der Waals surface area contributed by atoms with Crippen LogP contribution >= 0.6 is 0 Å². The average molecular weight is 224 g/mol. The molecule has 0 aliphatic carbocycles. The summed E-state index contributed by atoms with van der Waals surface area (Å²) in [5.74, 6) is -1.56. The number of hydrogen-bond donors (Lipinski definition) is 2. The van der Waals surface area contributed by atoms with Gasteiger partial charge in [0.2, 0.25) is 5.79 Å². The lowest BCUT2D eigenvalue weighted by Crippen LogP contribution is -2.44. The third-order valence-electron chi connectivity index (χ3n) is 1.58. The van der Waals surface area contributed by atoms with E-state index in [-0.39, 0.29) is 0 Å². The Morgan fingerprint density at radius 1 is 1.00 bits per heavy atom. The molecule has 88 valence electrons. The fourth-order valence-corrected chi connectivity index (χ4v) is 0.704. The molecule has 0 radical (unpaired) electrons. The van der Waals surface area contributed by atoms with E-state index < -0.39 is 31.3 Å². The van der Waals surface area contributed by atoms with Crippen molar-refractivity contribution in [3.05, 3.63) is 0 Å². The number of carbonyl (C=O) groups is 2. The molecule has 0 heterocycles. The van der Waals surface area contributed by atoms with Gasteiger partial charge in [-0.15, -0.1) is 0 Å². The van der Waals surface area contributed by atoms with Crippen molar-refractivity contribution in [1.82, 2.24) is 0 Å². The summed E-state index contributed by atoms with van der Waals surface area (Å²) in [4.78, 5) is 20.3. The zero-order valence-electron chi connectivity index (χ0n) is 8.26. The van der Waals surface area contributed by atoms with Gasteiger partial charge in [0.1, 0.15) is 0 Å². The average Bonchev–Trinajstić information content (AvgIpc) is 2.19. The minimum atomic E-state index is -1.56. The molecule has 0 aliphatic heterocycles. The van der Waals surface area contributed by atoms with Gasteiger partial charge in [-0.05, 0) is 0 Å². The molecule has 15 heavy (non-hydrogen) atoms. The van der Waals surface area contributed by atoms with Gasteiger partial charge in [-0.1, -0.05) is 0 Å². The minimum Gasteiger partial charge on any atom is -0.450 e. The molecular formula is C7H12O8. The summed E-state index contributed by atoms with van der Waals surface area (Å²) >= 11 is 0. The summed E-state index contributed by atoms with van der Waals surface area (Å²) in [5.41, 5.74) is 0. The van der Waals surface area contributed by atoms with Gasteiger partial charge >= 0.3 is 12.3 Å². The third-order valence-corrected chi connectivity index (χ3v) is 1.58. The molecule has 0 atom stereocenters. The zero-order chi connectivity index (χ0) is 11.9. The molecule has 0 spiro atoms. The van der Waals surface area contributed by atoms with Crippen LogP contribution in [0.25, 0.3) is 0 Å². The highest BCUT2D eigenvalue weighted by atomic mass is 16.8. The highest BCUT2D eigenvalue weighted by Gasteiger charge is 2.34. The Bertz CT molecular complexity index is 201. The van der Waals surface area contributed by atoms with E-state index in [0.717, 1.165) is 0 Å². The highest BCUT2D eigenvalue weighted by Crippen LogP contribution is 2.12. The summed E-state index contributed by atoms with van der Waals surface area (Å²) in [7, 11) is 2.42. The fourth-order valence-electron chi connectivity index (χ4n) is 0.704. The normalized spacial score (nSPS) is 10.8. The number of carboxylic acid groups (broad SMARTS) is 2. The standard InChI is InChI=1S/C7H12O8/c1-12-7(13-2,3-14-5(8)9)4-15-6(10)11/h3-4H2,1-2H3,(H,8,9)(H,10,11). The van der Waals surface area contributed by atoms with E-state index in [2.05, 4.69) is 9.47 Å². The Morgan fingerprint density at radius 2 is 1.33 bits per heavy atom. The van der Waals surface area contributed by atoms with Crippen molar-refractivity contribution in [2.75, 3.05) is 27.4 Å². The van der Waals surface area contributed by atoms with Crippen LogP contribution in [0.3, 0.4) is 0 Å². The summed E-state index contributed by atoms with van der Waals surface area (Å²) in [6.07, 6.45) is -3.05. The summed E-state index contributed by atoms with van der Waals surface area (Å²) < 4.78 is 18.0. The lowest BCUT2D eigenvalue weighted by atomic mass is 10.3. The molecule has 0 unspecified atom stereocenters. The van der Waals surface area contributed by atoms with Crippen LogP contribution in [0.2, 0.25) is 0 Å². The van der Waals surface area contributed by atoms with Crippen LogP contribution in [0.5, 0.6) is 0 Å². The molecule has 8 heteroatoms. The lowest BCUT2D eigenvalue weighted by molar-refractivity contribution is -0.246. The smallest absolute Gasteiger partial charge is 0.450 e. The molecule has 0 bridgehead atoms. The largest absolute Gasteiger partial charge is 0.505 e. The van der Waals surface area contributed by atoms with Gasteiger partial charge in [0.25, 0.3) is 0 Å². The van der Waals surface area contributed by atoms with Crippen LogP contribution in [0, 0.1) is 0 Å². The minimum absolute atomic E-state index is 0.497. The summed E-state index contributed by atoms with van der Waals surface area (Å²) in [6, 6.07) is 0. The van der Waals surface area contributed by atoms with Gasteiger partial charge in [-0.3, -0.25) is 0 Å². The van der Waals surface area contributed by atoms with Crippen LogP contribution in [0.1, 0.15) is 0 Å². The van der Waals surface area contributed by atoms with E-state index in [4.69, 9.17) is 19.7 Å². The topological polar surface area (TPSA) is 112 Å². The maximum Gasteiger partial charge on any atom is 0.505 e. The van der Waals surface area contributed by atoms with Gasteiger partial charge < -0.3 is 29.2 Å². The quantitative estimate of drug-likeness (QED) is 0.491. The first kappa shape index (κ1) is 13.5. The van der Waals surface area contributed by atoms with Crippen molar-refractivity contribution in [1.29, 1.82) is 0 Å². The Hall–Kier alpha value is -1.54. The molecule has 0 fully saturated rings. The molecule has 0 aromatic rings. The molecule has 0 aromatic carbocycles. The summed E-state index contributed by atoms with van der Waals surface area (Å²) in [6.45, 7) is -0.995. The van der Waals surface area contributed by atoms with Crippen LogP contribution in [0.4, 0.5) is 9.59 Å². The van der Waals surface area contributed by atoms with Crippen molar-refractivity contribution >= 4 is 12.3 Å². The lowest BCUT2D eigenvalue weighted by Gasteiger charge is -2.28. The van der Waals surface area contributed by atoms with E-state index >= 15 is 0 Å². The number of ether oxygens (including phenoxy) is 4. The van der Waals surface area contributed by atoms with Gasteiger partial charge in [-0.25, -0.2) is 9.59 Å². The highest BCUT2D eigenvalue weighted by molar-refractivity contribution is 5.57. The molecular weight excluding hydrogens is 212 g/mol. The first-order valence-corrected chi connectivity index (χ1v) is 3.77. The zero-order valence-corrected chi connectivity index (χ0v) is 8.26. The second-order valence-corrected chi connectivity index (χ2v) is 2.43. The molecule has 0 aliphatic rings. The molecule has 8 nitrogen and oxygen atoms in total. The van der Waals surface area contributed by atoms with E-state index in [1.807, 2.05) is 0 Å². The van der Waals surface area contributed by atoms with Gasteiger partial charge in [-0.2, -0.15) is 0 Å². The van der Waals surface area contributed by atoms with Crippen molar-refractivity contribution in [3.63, 3.8) is 0 Å². The Morgan fingerprint density at radius 3 is 1.53 bits per heavy atom. The molecule has 2 N–H and O–H groups in total. The third kappa shape index (κ3) is 5.03. The monoisotopic (exact) mass is 224 g/mol. The SMILES string of the molecule is COC(COC(=O)O)(COC(=O)O)OC. The van der Waals surface area contributed by atoms with Gasteiger partial charge in [0.05, 0.1) is 0 Å². The van der Waals surface area contributed by atoms with E-state index in [1.165, 1.54) is 14.2 Å². The number of hydrogen-bond acceptors (Lipinski definition) is 6. The number of rotatable bonds is 6. The molecule has 0 aromatic heterocycles. The van der Waals surface area contributed by atoms with E-state index in [1.54, 1.807) is 0 Å². The van der Waals surface area contributed by atoms with Gasteiger partial charge in [0, 0.05) is 14.2 Å². The van der Waals surface area contributed by atoms with Crippen molar-refractivity contribution in [2.24, 2.45) is 0 Å². The molecule has 0 rings (SSSR count). The van der Waals surface area contributed by atoms with E-state index in [0.29, 0.717) is 0 Å². The predicted molar refractivity (Wildman–Crippen MR) is 44.7 cm³/mol. The molecule has 0 amide bonds. The maximum atomic E-state index is 10.1. The van der Waals surface area contributed by atoms with E-state index in [9.17, 15) is 9.59 Å². The molecule has 0 saturated heterocycles. The Balaban J connectivity index is 4.29. The first-order valence-electron chi connectivity index (χ1n) is 3.77. The van der Waals surface area contributed by atoms with Gasteiger partial charge in [0.15, 0.2) is 13.2 Å². The number of methoxy groups -OCH3 is 2. The second kappa shape index (κ2) is 6.04. The first-order chi connectivity index (χ1) is 6.95. The van der Waals surface area contributed by atoms with Crippen LogP contribution in [-0.4, -0.2) is 55.7 Å². The van der Waals surface area contributed by atoms with Crippen LogP contribution < -0.4 is 0 Å². The Labute approximate surface area is 85.3 Å². The molecule has 0 saturated carbocycles. The van der Waals surface area contributed by atoms with Crippen molar-refractivity contribution < 1.29 is 38.7 Å². The van der Waals surface area contributed by atoms with Crippen LogP contribution in [0.15, 0.2) is 0 Å². The van der Waals surface area contributed by atoms with Crippen molar-refractivity contribution in [2.45, 2.75) is 5.79 Å². The summed E-state index contributed by atoms with van der Waals surface area (Å²) in [5, 5.41) is 16.5. The van der Waals surface area contributed by atoms with Crippen molar-refractivity contribution in [3.8, 4) is 0 Å².